The van der Waals surface area contributed by atoms with E-state index in [1.807, 2.05) is 106 Å². The van der Waals surface area contributed by atoms with Gasteiger partial charge in [0.1, 0.15) is 22.7 Å². The van der Waals surface area contributed by atoms with Crippen molar-refractivity contribution in [2.75, 3.05) is 54.4 Å². The highest BCUT2D eigenvalue weighted by atomic mass is 32.1. The second-order valence-electron chi connectivity index (χ2n) is 22.5. The molecule has 1 aliphatic carbocycles. The molecule has 2 N–H and O–H groups in total. The van der Waals surface area contributed by atoms with E-state index in [0.29, 0.717) is 77.9 Å². The maximum Gasteiger partial charge on any atom is 0.358 e. The van der Waals surface area contributed by atoms with E-state index in [0.717, 1.165) is 108 Å². The van der Waals surface area contributed by atoms with Gasteiger partial charge < -0.3 is 23.7 Å². The first-order valence-electron chi connectivity index (χ1n) is 27.4. The van der Waals surface area contributed by atoms with Crippen molar-refractivity contribution in [3.63, 3.8) is 0 Å². The van der Waals surface area contributed by atoms with Gasteiger partial charge in [0.05, 0.1) is 22.2 Å². The summed E-state index contributed by atoms with van der Waals surface area (Å²) in [6.07, 6.45) is 8.37. The standard InChI is InChI=1S/C61H68N8O7S/c1-37(35-67-30-32-68(33-31-67)60-63-49-34-41(20-25-51(49)75-60)44-24-27-54(70)65-56(44)71)16-17-39-18-21-42(22-19-39)74-50-14-9-11-43(38(50)2)45-23-26-53(64-55(45)58(73)76-61(3,4)5)69-29-28-40-10-8-12-46(47(40)36-69)57(72)66-59-62-48-13-6-7-15-52(48)77-59/h6-15,20,23,25-26,34,37,39,42,44H,16-19,21-22,24,27-33,35-36H2,1-5H3,(H,62,66,72)(H,65,70,71)/t37-,39?,42?,44?/m0/s1. The van der Waals surface area contributed by atoms with Gasteiger partial charge in [-0.2, -0.15) is 4.98 Å². The summed E-state index contributed by atoms with van der Waals surface area (Å²) in [6, 6.07) is 30.1. The molecular weight excluding hydrogens is 989 g/mol. The molecule has 77 heavy (non-hydrogen) atoms. The Morgan fingerprint density at radius 3 is 2.43 bits per heavy atom. The lowest BCUT2D eigenvalue weighted by atomic mass is 9.83. The molecule has 7 aromatic rings. The molecule has 16 heteroatoms. The zero-order valence-corrected chi connectivity index (χ0v) is 45.5. The third-order valence-electron chi connectivity index (χ3n) is 15.8. The SMILES string of the molecule is Cc1c(OC2CCC(CC[C@H](C)CN3CCN(c4nc5cc(C6CCC(=O)NC6=O)ccc5o4)CC3)CC2)cccc1-c1ccc(N2CCc3cccc(C(=O)Nc4nc5ccccc5s4)c3C2)nc1C(=O)OC(C)(C)C. The molecule has 1 unspecified atom stereocenters. The van der Waals surface area contributed by atoms with E-state index in [4.69, 9.17) is 23.9 Å². The maximum absolute atomic E-state index is 14.1. The molecule has 3 aliphatic heterocycles. The minimum absolute atomic E-state index is 0.114. The molecule has 3 fully saturated rings. The largest absolute Gasteiger partial charge is 0.490 e. The molecule has 4 aliphatic rings. The van der Waals surface area contributed by atoms with Crippen LogP contribution in [0.15, 0.2) is 95.4 Å². The molecule has 0 radical (unpaired) electrons. The predicted molar refractivity (Wildman–Crippen MR) is 301 cm³/mol. The first kappa shape index (κ1) is 51.9. The summed E-state index contributed by atoms with van der Waals surface area (Å²) in [7, 11) is 0. The van der Waals surface area contributed by atoms with Gasteiger partial charge in [-0.05, 0) is 161 Å². The number of imide groups is 1. The lowest BCUT2D eigenvalue weighted by molar-refractivity contribution is -0.134. The average Bonchev–Trinajstić information content (AvgIpc) is 4.05. The number of benzene rings is 4. The van der Waals surface area contributed by atoms with Crippen molar-refractivity contribution < 1.29 is 33.1 Å². The van der Waals surface area contributed by atoms with Crippen LogP contribution in [-0.2, 0) is 27.3 Å². The van der Waals surface area contributed by atoms with Gasteiger partial charge in [-0.15, -0.1) is 0 Å². The second kappa shape index (κ2) is 22.1. The normalized spacial score (nSPS) is 19.7. The van der Waals surface area contributed by atoms with Crippen LogP contribution in [0.5, 0.6) is 5.75 Å². The molecular formula is C61H68N8O7S. The highest BCUT2D eigenvalue weighted by Gasteiger charge is 2.32. The quantitative estimate of drug-likeness (QED) is 0.0779. The van der Waals surface area contributed by atoms with Crippen LogP contribution in [0, 0.1) is 18.8 Å². The Bertz CT molecular complexity index is 3310. The Morgan fingerprint density at radius 1 is 0.831 bits per heavy atom. The maximum atomic E-state index is 14.1. The van der Waals surface area contributed by atoms with Crippen molar-refractivity contribution in [2.24, 2.45) is 11.8 Å². The van der Waals surface area contributed by atoms with Crippen molar-refractivity contribution >= 4 is 73.3 Å². The number of amides is 3. The number of carbonyl (C=O) groups excluding carboxylic acids is 4. The molecule has 15 nitrogen and oxygen atoms in total. The van der Waals surface area contributed by atoms with Gasteiger partial charge in [0.25, 0.3) is 11.9 Å². The molecule has 0 bridgehead atoms. The molecule has 1 saturated carbocycles. The Hall–Kier alpha value is -7.17. The van der Waals surface area contributed by atoms with Gasteiger partial charge in [0, 0.05) is 63.4 Å². The van der Waals surface area contributed by atoms with Crippen molar-refractivity contribution in [3.8, 4) is 16.9 Å². The van der Waals surface area contributed by atoms with Gasteiger partial charge in [-0.1, -0.05) is 67.1 Å². The molecule has 2 atom stereocenters. The highest BCUT2D eigenvalue weighted by Crippen LogP contribution is 2.38. The summed E-state index contributed by atoms with van der Waals surface area (Å²) in [5.41, 5.74) is 7.80. The fourth-order valence-corrected chi connectivity index (χ4v) is 12.5. The van der Waals surface area contributed by atoms with Crippen molar-refractivity contribution in [1.82, 2.24) is 25.2 Å². The number of carbonyl (C=O) groups is 4. The van der Waals surface area contributed by atoms with E-state index in [-0.39, 0.29) is 35.4 Å². The number of nitrogens with one attached hydrogen (secondary N) is 2. The zero-order chi connectivity index (χ0) is 53.4. The smallest absolute Gasteiger partial charge is 0.358 e. The molecule has 400 valence electrons. The van der Waals surface area contributed by atoms with E-state index in [2.05, 4.69) is 50.2 Å². The number of oxazole rings is 1. The Balaban J connectivity index is 0.683. The van der Waals surface area contributed by atoms with E-state index in [1.165, 1.54) is 24.2 Å². The number of esters is 1. The average molecular weight is 1060 g/mol. The summed E-state index contributed by atoms with van der Waals surface area (Å²) in [6.45, 7) is 15.8. The number of para-hydroxylation sites is 1. The Labute approximate surface area is 453 Å². The van der Waals surface area contributed by atoms with Crippen molar-refractivity contribution in [2.45, 2.75) is 117 Å². The number of piperazine rings is 1. The van der Waals surface area contributed by atoms with Crippen LogP contribution in [0.3, 0.4) is 0 Å². The minimum atomic E-state index is -0.734. The number of fused-ring (bicyclic) bond motifs is 3. The van der Waals surface area contributed by atoms with Crippen molar-refractivity contribution in [3.05, 3.63) is 125 Å². The number of thiazole rings is 1. The van der Waals surface area contributed by atoms with E-state index in [9.17, 15) is 19.2 Å². The number of aromatic nitrogens is 3. The van der Waals surface area contributed by atoms with Crippen LogP contribution in [0.4, 0.5) is 17.0 Å². The molecule has 3 amide bonds. The highest BCUT2D eigenvalue weighted by molar-refractivity contribution is 7.22. The van der Waals surface area contributed by atoms with E-state index in [1.54, 1.807) is 0 Å². The van der Waals surface area contributed by atoms with Gasteiger partial charge in [0.15, 0.2) is 16.4 Å². The summed E-state index contributed by atoms with van der Waals surface area (Å²) >= 11 is 1.45. The number of hydrogen-bond donors (Lipinski definition) is 2. The summed E-state index contributed by atoms with van der Waals surface area (Å²) in [4.78, 5) is 73.5. The van der Waals surface area contributed by atoms with Crippen LogP contribution < -0.4 is 25.2 Å². The molecule has 4 aromatic carbocycles. The summed E-state index contributed by atoms with van der Waals surface area (Å²) in [5.74, 6) is 1.21. The lowest BCUT2D eigenvalue weighted by Crippen LogP contribution is -2.47. The van der Waals surface area contributed by atoms with Gasteiger partial charge in [0.2, 0.25) is 11.8 Å². The monoisotopic (exact) mass is 1060 g/mol. The second-order valence-corrected chi connectivity index (χ2v) is 23.5. The molecule has 11 rings (SSSR count). The number of anilines is 3. The number of ether oxygens (including phenoxy) is 2. The fourth-order valence-electron chi connectivity index (χ4n) is 11.6. The first-order valence-corrected chi connectivity index (χ1v) is 28.2. The molecule has 3 aromatic heterocycles. The molecule has 2 saturated heterocycles. The Kier molecular flexibility index (Phi) is 14.9. The number of rotatable bonds is 14. The zero-order valence-electron chi connectivity index (χ0n) is 44.7. The van der Waals surface area contributed by atoms with Gasteiger partial charge in [-0.25, -0.2) is 14.8 Å². The number of nitrogens with zero attached hydrogens (tertiary/aromatic N) is 6. The van der Waals surface area contributed by atoms with Crippen LogP contribution >= 0.6 is 11.3 Å². The third kappa shape index (κ3) is 11.7. The molecule has 0 spiro atoms. The van der Waals surface area contributed by atoms with Gasteiger partial charge in [-0.3, -0.25) is 29.9 Å². The fraction of sp³-hybridized carbons (Fsp3) is 0.426. The van der Waals surface area contributed by atoms with Crippen molar-refractivity contribution in [1.29, 1.82) is 0 Å². The summed E-state index contributed by atoms with van der Waals surface area (Å²) in [5, 5.41) is 6.06. The predicted octanol–water partition coefficient (Wildman–Crippen LogP) is 11.3. The van der Waals surface area contributed by atoms with Crippen LogP contribution in [-0.4, -0.2) is 94.5 Å². The van der Waals surface area contributed by atoms with Crippen LogP contribution in [0.25, 0.3) is 32.4 Å². The van der Waals surface area contributed by atoms with E-state index < -0.39 is 11.6 Å². The number of piperidine rings is 1. The van der Waals surface area contributed by atoms with Crippen LogP contribution in [0.2, 0.25) is 0 Å². The van der Waals surface area contributed by atoms with Crippen LogP contribution in [0.1, 0.15) is 128 Å². The van der Waals surface area contributed by atoms with E-state index >= 15 is 0 Å². The minimum Gasteiger partial charge on any atom is -0.490 e. The number of pyridine rings is 1. The summed E-state index contributed by atoms with van der Waals surface area (Å²) < 4.78 is 20.0. The number of hydrogen-bond acceptors (Lipinski definition) is 14. The topological polar surface area (TPSA) is 172 Å². The Morgan fingerprint density at radius 2 is 1.64 bits per heavy atom. The lowest BCUT2D eigenvalue weighted by Gasteiger charge is -2.35. The first-order chi connectivity index (χ1) is 37.2. The molecule has 6 heterocycles. The van der Waals surface area contributed by atoms with Gasteiger partial charge >= 0.3 is 5.97 Å². The third-order valence-corrected chi connectivity index (χ3v) is 16.8.